The van der Waals surface area contributed by atoms with Crippen molar-refractivity contribution in [3.05, 3.63) is 65.9 Å². The molecule has 11 heteroatoms. The monoisotopic (exact) mass is 535 g/mol. The van der Waals surface area contributed by atoms with Gasteiger partial charge in [-0.15, -0.1) is 0 Å². The number of aromatic amines is 1. The number of rotatable bonds is 10. The number of para-hydroxylation sites is 1. The molecule has 1 aliphatic rings. The number of H-pyrrole nitrogens is 1. The van der Waals surface area contributed by atoms with Crippen LogP contribution in [0.4, 0.5) is 0 Å². The van der Waals surface area contributed by atoms with E-state index in [2.05, 4.69) is 15.6 Å². The van der Waals surface area contributed by atoms with E-state index < -0.39 is 47.9 Å². The van der Waals surface area contributed by atoms with Crippen molar-refractivity contribution in [2.75, 3.05) is 6.54 Å². The average molecular weight is 536 g/mol. The molecule has 3 aromatic rings. The van der Waals surface area contributed by atoms with Crippen LogP contribution in [0.1, 0.15) is 30.9 Å². The molecular formula is C28H33N5O6. The second-order valence-corrected chi connectivity index (χ2v) is 9.86. The number of nitrogens with one attached hydrogen (secondary N) is 3. The molecule has 0 aliphatic carbocycles. The van der Waals surface area contributed by atoms with Gasteiger partial charge in [-0.1, -0.05) is 30.3 Å². The first-order valence-corrected chi connectivity index (χ1v) is 12.9. The standard InChI is InChI=1S/C28H33N5O6/c1-16(27(37)33-12-4-7-24(33)28(38)39)31-26(36)23(14-18-15-30-22-6-3-2-5-20(18)22)32-25(35)21(29)13-17-8-10-19(34)11-9-17/h2-3,5-6,8-11,15-16,21,23-24,30,34H,4,7,12-14,29H2,1H3,(H,31,36)(H,32,35)(H,38,39). The molecule has 4 unspecified atom stereocenters. The molecule has 7 N–H and O–H groups in total. The fourth-order valence-corrected chi connectivity index (χ4v) is 4.90. The molecule has 206 valence electrons. The third-order valence-corrected chi connectivity index (χ3v) is 7.01. The minimum Gasteiger partial charge on any atom is -0.508 e. The number of phenolic OH excluding ortho intramolecular Hbond substituents is 1. The summed E-state index contributed by atoms with van der Waals surface area (Å²) in [6.07, 6.45) is 3.02. The van der Waals surface area contributed by atoms with Crippen LogP contribution in [0.5, 0.6) is 5.75 Å². The van der Waals surface area contributed by atoms with Gasteiger partial charge in [0.25, 0.3) is 0 Å². The van der Waals surface area contributed by atoms with Gasteiger partial charge in [0.05, 0.1) is 6.04 Å². The Hall–Kier alpha value is -4.38. The first kappa shape index (κ1) is 27.6. The first-order valence-electron chi connectivity index (χ1n) is 12.9. The van der Waals surface area contributed by atoms with Gasteiger partial charge in [0.15, 0.2) is 0 Å². The predicted molar refractivity (Wildman–Crippen MR) is 144 cm³/mol. The van der Waals surface area contributed by atoms with Crippen molar-refractivity contribution in [1.82, 2.24) is 20.5 Å². The molecule has 1 saturated heterocycles. The normalized spacial score (nSPS) is 17.4. The van der Waals surface area contributed by atoms with Crippen molar-refractivity contribution < 1.29 is 29.4 Å². The minimum atomic E-state index is -1.08. The number of fused-ring (bicyclic) bond motifs is 1. The summed E-state index contributed by atoms with van der Waals surface area (Å²) in [4.78, 5) is 55.4. The lowest BCUT2D eigenvalue weighted by atomic mass is 10.0. The molecule has 1 fully saturated rings. The van der Waals surface area contributed by atoms with Gasteiger partial charge in [-0.3, -0.25) is 14.4 Å². The molecule has 2 aromatic carbocycles. The van der Waals surface area contributed by atoms with Crippen molar-refractivity contribution in [2.45, 2.75) is 56.8 Å². The van der Waals surface area contributed by atoms with E-state index in [9.17, 15) is 29.4 Å². The van der Waals surface area contributed by atoms with Crippen LogP contribution < -0.4 is 16.4 Å². The summed E-state index contributed by atoms with van der Waals surface area (Å²) in [7, 11) is 0. The number of likely N-dealkylation sites (tertiary alicyclic amines) is 1. The number of carboxylic acids is 1. The van der Waals surface area contributed by atoms with Gasteiger partial charge in [0.2, 0.25) is 17.7 Å². The van der Waals surface area contributed by atoms with Crippen LogP contribution in [0.15, 0.2) is 54.7 Å². The first-order chi connectivity index (χ1) is 18.6. The number of aliphatic carboxylic acids is 1. The molecule has 1 aliphatic heterocycles. The lowest BCUT2D eigenvalue weighted by Gasteiger charge is -2.27. The molecule has 4 rings (SSSR count). The third-order valence-electron chi connectivity index (χ3n) is 7.01. The zero-order valence-electron chi connectivity index (χ0n) is 21.6. The maximum absolute atomic E-state index is 13.4. The number of nitrogens with zero attached hydrogens (tertiary/aromatic N) is 1. The van der Waals surface area contributed by atoms with Crippen molar-refractivity contribution in [2.24, 2.45) is 5.73 Å². The van der Waals surface area contributed by atoms with E-state index in [-0.39, 0.29) is 18.6 Å². The molecular weight excluding hydrogens is 502 g/mol. The van der Waals surface area contributed by atoms with E-state index in [1.54, 1.807) is 18.3 Å². The molecule has 4 atom stereocenters. The van der Waals surface area contributed by atoms with Crippen molar-refractivity contribution in [3.63, 3.8) is 0 Å². The fraction of sp³-hybridized carbons (Fsp3) is 0.357. The van der Waals surface area contributed by atoms with Crippen molar-refractivity contribution in [1.29, 1.82) is 0 Å². The van der Waals surface area contributed by atoms with Gasteiger partial charge in [-0.2, -0.15) is 0 Å². The Kier molecular flexibility index (Phi) is 8.50. The minimum absolute atomic E-state index is 0.0968. The maximum Gasteiger partial charge on any atom is 0.326 e. The van der Waals surface area contributed by atoms with E-state index >= 15 is 0 Å². The Morgan fingerprint density at radius 2 is 1.77 bits per heavy atom. The van der Waals surface area contributed by atoms with Crippen molar-refractivity contribution >= 4 is 34.6 Å². The van der Waals surface area contributed by atoms with Gasteiger partial charge in [0, 0.05) is 30.1 Å². The van der Waals surface area contributed by atoms with Gasteiger partial charge in [0.1, 0.15) is 23.9 Å². The number of benzene rings is 2. The Morgan fingerprint density at radius 1 is 1.05 bits per heavy atom. The molecule has 2 heterocycles. The average Bonchev–Trinajstić information content (AvgIpc) is 3.57. The molecule has 0 bridgehead atoms. The molecule has 3 amide bonds. The van der Waals surface area contributed by atoms with Crippen LogP contribution in [0.25, 0.3) is 10.9 Å². The second-order valence-electron chi connectivity index (χ2n) is 9.86. The van der Waals surface area contributed by atoms with Crippen LogP contribution in [0.3, 0.4) is 0 Å². The third kappa shape index (κ3) is 6.55. The van der Waals surface area contributed by atoms with E-state index in [1.165, 1.54) is 24.0 Å². The molecule has 1 aromatic heterocycles. The summed E-state index contributed by atoms with van der Waals surface area (Å²) in [5.74, 6) is -2.61. The van der Waals surface area contributed by atoms with Crippen LogP contribution in [-0.2, 0) is 32.0 Å². The molecule has 0 spiro atoms. The quantitative estimate of drug-likeness (QED) is 0.225. The summed E-state index contributed by atoms with van der Waals surface area (Å²) >= 11 is 0. The summed E-state index contributed by atoms with van der Waals surface area (Å²) in [5, 5.41) is 25.2. The highest BCUT2D eigenvalue weighted by Crippen LogP contribution is 2.21. The van der Waals surface area contributed by atoms with Crippen LogP contribution in [0, 0.1) is 0 Å². The number of hydrogen-bond donors (Lipinski definition) is 6. The lowest BCUT2D eigenvalue weighted by Crippen LogP contribution is -2.57. The molecule has 11 nitrogen and oxygen atoms in total. The van der Waals surface area contributed by atoms with Gasteiger partial charge in [-0.05, 0) is 55.5 Å². The maximum atomic E-state index is 13.4. The number of phenols is 1. The number of amides is 3. The van der Waals surface area contributed by atoms with Crippen LogP contribution in [-0.4, -0.2) is 74.5 Å². The Balaban J connectivity index is 1.49. The number of aromatic hydroxyl groups is 1. The number of carboxylic acid groups (broad SMARTS) is 1. The van der Waals surface area contributed by atoms with E-state index in [0.29, 0.717) is 19.4 Å². The smallest absolute Gasteiger partial charge is 0.326 e. The number of carbonyl (C=O) groups excluding carboxylic acids is 3. The summed E-state index contributed by atoms with van der Waals surface area (Å²) in [6.45, 7) is 1.80. The number of carbonyl (C=O) groups is 4. The summed E-state index contributed by atoms with van der Waals surface area (Å²) in [5.41, 5.74) is 8.56. The fourth-order valence-electron chi connectivity index (χ4n) is 4.90. The van der Waals surface area contributed by atoms with Crippen LogP contribution >= 0.6 is 0 Å². The van der Waals surface area contributed by atoms with Gasteiger partial charge < -0.3 is 36.5 Å². The number of aromatic nitrogens is 1. The summed E-state index contributed by atoms with van der Waals surface area (Å²) in [6, 6.07) is 9.95. The highest BCUT2D eigenvalue weighted by Gasteiger charge is 2.37. The summed E-state index contributed by atoms with van der Waals surface area (Å²) < 4.78 is 0. The highest BCUT2D eigenvalue weighted by atomic mass is 16.4. The largest absolute Gasteiger partial charge is 0.508 e. The van der Waals surface area contributed by atoms with Gasteiger partial charge in [-0.25, -0.2) is 4.79 Å². The number of hydrogen-bond acceptors (Lipinski definition) is 6. The van der Waals surface area contributed by atoms with Gasteiger partial charge >= 0.3 is 5.97 Å². The lowest BCUT2D eigenvalue weighted by molar-refractivity contribution is -0.149. The van der Waals surface area contributed by atoms with E-state index in [1.807, 2.05) is 24.3 Å². The zero-order valence-corrected chi connectivity index (χ0v) is 21.6. The Labute approximate surface area is 225 Å². The predicted octanol–water partition coefficient (Wildman–Crippen LogP) is 1.05. The second kappa shape index (κ2) is 12.0. The number of nitrogens with two attached hydrogens (primary N) is 1. The highest BCUT2D eigenvalue weighted by molar-refractivity contribution is 5.95. The van der Waals surface area contributed by atoms with E-state index in [4.69, 9.17) is 5.73 Å². The topological polar surface area (TPSA) is 178 Å². The Bertz CT molecular complexity index is 1350. The van der Waals surface area contributed by atoms with Crippen LogP contribution in [0.2, 0.25) is 0 Å². The molecule has 0 saturated carbocycles. The van der Waals surface area contributed by atoms with E-state index in [0.717, 1.165) is 22.0 Å². The molecule has 39 heavy (non-hydrogen) atoms. The molecule has 0 radical (unpaired) electrons. The SMILES string of the molecule is CC(NC(=O)C(Cc1c[nH]c2ccccc12)NC(=O)C(N)Cc1ccc(O)cc1)C(=O)N1CCCC1C(=O)O. The Morgan fingerprint density at radius 3 is 2.49 bits per heavy atom. The zero-order chi connectivity index (χ0) is 28.1. The van der Waals surface area contributed by atoms with Crippen molar-refractivity contribution in [3.8, 4) is 5.75 Å².